The molecule has 1 atom stereocenters. The number of piperidine rings is 1. The van der Waals surface area contributed by atoms with Gasteiger partial charge in [0.1, 0.15) is 18.4 Å². The summed E-state index contributed by atoms with van der Waals surface area (Å²) >= 11 is 0. The number of benzene rings is 2. The van der Waals surface area contributed by atoms with Crippen molar-refractivity contribution in [3.8, 4) is 11.5 Å². The lowest BCUT2D eigenvalue weighted by atomic mass is 10.0. The Kier molecular flexibility index (Phi) is 4.59. The van der Waals surface area contributed by atoms with Crippen molar-refractivity contribution < 1.29 is 29.6 Å². The van der Waals surface area contributed by atoms with Crippen LogP contribution < -0.4 is 14.8 Å². The number of hydrogen-bond donors (Lipinski definition) is 1. The van der Waals surface area contributed by atoms with Crippen LogP contribution in [0.4, 0.5) is 4.39 Å². The molecule has 1 saturated heterocycles. The van der Waals surface area contributed by atoms with Gasteiger partial charge in [0.15, 0.2) is 11.6 Å². The fraction of sp³-hybridized carbons (Fsp3) is 0.286. The van der Waals surface area contributed by atoms with Crippen LogP contribution in [0, 0.1) is 5.82 Å². The van der Waals surface area contributed by atoms with Crippen molar-refractivity contribution in [2.75, 3.05) is 7.11 Å². The standard InChI is InChI=1S/C21H19FN2O5/c1-28-17-7-2-4-12(19(17)22)11-29-16-6-3-5-13-14(16)10-24(21(13)27)15-8-9-18(25)23-20(15)26/h2-7,15H,8-11H2,1H3,(H,23,25,26)/t15-/m1/s1/i15D. The van der Waals surface area contributed by atoms with Crippen molar-refractivity contribution in [3.63, 3.8) is 0 Å². The fourth-order valence-electron chi connectivity index (χ4n) is 3.50. The van der Waals surface area contributed by atoms with Gasteiger partial charge >= 0.3 is 0 Å². The highest BCUT2D eigenvalue weighted by Gasteiger charge is 2.40. The molecule has 3 amide bonds. The van der Waals surface area contributed by atoms with Gasteiger partial charge in [-0.2, -0.15) is 0 Å². The molecule has 0 radical (unpaired) electrons. The number of rotatable bonds is 5. The van der Waals surface area contributed by atoms with Gasteiger partial charge in [-0.15, -0.1) is 0 Å². The molecule has 2 aromatic rings. The average Bonchev–Trinajstić information content (AvgIpc) is 3.08. The Morgan fingerprint density at radius 2 is 1.97 bits per heavy atom. The maximum absolute atomic E-state index is 14.4. The molecule has 0 aliphatic carbocycles. The number of fused-ring (bicyclic) bond motifs is 1. The smallest absolute Gasteiger partial charge is 0.255 e. The molecule has 0 bridgehead atoms. The summed E-state index contributed by atoms with van der Waals surface area (Å²) in [5.74, 6) is -1.83. The summed E-state index contributed by atoms with van der Waals surface area (Å²) in [5, 5.41) is 2.13. The molecule has 2 heterocycles. The number of hydrogen-bond acceptors (Lipinski definition) is 5. The molecule has 0 unspecified atom stereocenters. The molecule has 2 aliphatic rings. The Morgan fingerprint density at radius 3 is 2.72 bits per heavy atom. The second-order valence-corrected chi connectivity index (χ2v) is 6.72. The second kappa shape index (κ2) is 7.54. The van der Waals surface area contributed by atoms with Gasteiger partial charge in [-0.25, -0.2) is 4.39 Å². The van der Waals surface area contributed by atoms with E-state index >= 15 is 0 Å². The first kappa shape index (κ1) is 17.7. The molecule has 2 aromatic carbocycles. The van der Waals surface area contributed by atoms with Crippen LogP contribution in [0.5, 0.6) is 11.5 Å². The van der Waals surface area contributed by atoms with Crippen molar-refractivity contribution >= 4 is 17.7 Å². The maximum Gasteiger partial charge on any atom is 0.255 e. The van der Waals surface area contributed by atoms with E-state index in [1.165, 1.54) is 13.2 Å². The number of imide groups is 1. The Bertz CT molecular complexity index is 1060. The third-order valence-corrected chi connectivity index (χ3v) is 5.00. The van der Waals surface area contributed by atoms with Crippen LogP contribution >= 0.6 is 0 Å². The minimum Gasteiger partial charge on any atom is -0.494 e. The summed E-state index contributed by atoms with van der Waals surface area (Å²) < 4.78 is 33.7. The van der Waals surface area contributed by atoms with Gasteiger partial charge in [-0.05, 0) is 24.6 Å². The van der Waals surface area contributed by atoms with E-state index in [2.05, 4.69) is 5.32 Å². The number of carbonyl (C=O) groups excluding carboxylic acids is 3. The summed E-state index contributed by atoms with van der Waals surface area (Å²) in [6.45, 7) is -0.106. The van der Waals surface area contributed by atoms with E-state index in [9.17, 15) is 18.8 Å². The van der Waals surface area contributed by atoms with Crippen LogP contribution in [0.1, 0.15) is 35.7 Å². The molecule has 7 nitrogen and oxygen atoms in total. The first-order chi connectivity index (χ1) is 14.3. The minimum atomic E-state index is -1.87. The number of amides is 3. The van der Waals surface area contributed by atoms with Crippen molar-refractivity contribution in [2.45, 2.75) is 32.0 Å². The summed E-state index contributed by atoms with van der Waals surface area (Å²) in [5.41, 5.74) is 1.12. The second-order valence-electron chi connectivity index (χ2n) is 6.72. The Morgan fingerprint density at radius 1 is 1.21 bits per heavy atom. The van der Waals surface area contributed by atoms with E-state index < -0.39 is 29.6 Å². The average molecular weight is 399 g/mol. The van der Waals surface area contributed by atoms with E-state index in [4.69, 9.17) is 10.8 Å². The van der Waals surface area contributed by atoms with Gasteiger partial charge in [0.2, 0.25) is 11.8 Å². The van der Waals surface area contributed by atoms with Crippen LogP contribution in [0.2, 0.25) is 0 Å². The SMILES string of the molecule is [2H][C@@]1(N2Cc3c(OCc4cccc(OC)c4F)cccc3C2=O)CCC(=O)NC1=O. The van der Waals surface area contributed by atoms with E-state index in [1.807, 2.05) is 0 Å². The van der Waals surface area contributed by atoms with Crippen LogP contribution in [0.3, 0.4) is 0 Å². The van der Waals surface area contributed by atoms with Gasteiger partial charge in [-0.3, -0.25) is 19.7 Å². The molecule has 29 heavy (non-hydrogen) atoms. The van der Waals surface area contributed by atoms with Crippen molar-refractivity contribution in [3.05, 3.63) is 58.9 Å². The summed E-state index contributed by atoms with van der Waals surface area (Å²) in [4.78, 5) is 37.8. The van der Waals surface area contributed by atoms with Gasteiger partial charge in [0.05, 0.1) is 15.0 Å². The predicted octanol–water partition coefficient (Wildman–Crippen LogP) is 2.17. The Hall–Kier alpha value is -3.42. The van der Waals surface area contributed by atoms with E-state index in [-0.39, 0.29) is 37.3 Å². The molecule has 4 rings (SSSR count). The van der Waals surface area contributed by atoms with Gasteiger partial charge in [0, 0.05) is 23.1 Å². The van der Waals surface area contributed by atoms with E-state index in [0.29, 0.717) is 16.9 Å². The highest BCUT2D eigenvalue weighted by atomic mass is 19.1. The first-order valence-corrected chi connectivity index (χ1v) is 9.07. The quantitative estimate of drug-likeness (QED) is 0.779. The van der Waals surface area contributed by atoms with Gasteiger partial charge < -0.3 is 14.4 Å². The Labute approximate surface area is 167 Å². The molecule has 1 N–H and O–H groups in total. The first-order valence-electron chi connectivity index (χ1n) is 9.57. The van der Waals surface area contributed by atoms with Crippen molar-refractivity contribution in [1.82, 2.24) is 10.2 Å². The van der Waals surface area contributed by atoms with Crippen molar-refractivity contribution in [2.24, 2.45) is 0 Å². The fourth-order valence-corrected chi connectivity index (χ4v) is 3.50. The third kappa shape index (κ3) is 3.41. The third-order valence-electron chi connectivity index (χ3n) is 5.00. The molecule has 0 spiro atoms. The summed E-state index contributed by atoms with van der Waals surface area (Å²) in [6.07, 6.45) is -0.101. The van der Waals surface area contributed by atoms with E-state index in [1.54, 1.807) is 30.3 Å². The number of ether oxygens (including phenoxy) is 2. The normalized spacial score (nSPS) is 21.5. The zero-order chi connectivity index (χ0) is 21.5. The van der Waals surface area contributed by atoms with Crippen LogP contribution in [-0.4, -0.2) is 35.7 Å². The minimum absolute atomic E-state index is 0.0178. The van der Waals surface area contributed by atoms with Crippen LogP contribution in [-0.2, 0) is 22.7 Å². The topological polar surface area (TPSA) is 84.9 Å². The maximum atomic E-state index is 14.4. The molecule has 1 fully saturated rings. The highest BCUT2D eigenvalue weighted by Crippen LogP contribution is 2.34. The number of carbonyl (C=O) groups is 3. The number of nitrogens with zero attached hydrogens (tertiary/aromatic N) is 1. The lowest BCUT2D eigenvalue weighted by molar-refractivity contribution is -0.136. The molecular formula is C21H19FN2O5. The van der Waals surface area contributed by atoms with Gasteiger partial charge in [0.25, 0.3) is 5.91 Å². The largest absolute Gasteiger partial charge is 0.494 e. The molecular weight excluding hydrogens is 379 g/mol. The molecule has 2 aliphatic heterocycles. The summed E-state index contributed by atoms with van der Waals surface area (Å²) in [7, 11) is 1.37. The highest BCUT2D eigenvalue weighted by molar-refractivity contribution is 6.05. The zero-order valence-corrected chi connectivity index (χ0v) is 15.7. The Balaban J connectivity index is 1.58. The number of methoxy groups -OCH3 is 1. The van der Waals surface area contributed by atoms with E-state index in [0.717, 1.165) is 4.90 Å². The number of halogens is 1. The number of nitrogens with one attached hydrogen (secondary N) is 1. The molecule has 0 aromatic heterocycles. The molecule has 150 valence electrons. The summed E-state index contributed by atoms with van der Waals surface area (Å²) in [6, 6.07) is 7.71. The van der Waals surface area contributed by atoms with Crippen LogP contribution in [0.25, 0.3) is 0 Å². The molecule has 0 saturated carbocycles. The lowest BCUT2D eigenvalue weighted by Crippen LogP contribution is -2.52. The van der Waals surface area contributed by atoms with Crippen molar-refractivity contribution in [1.29, 1.82) is 0 Å². The van der Waals surface area contributed by atoms with Gasteiger partial charge in [-0.1, -0.05) is 18.2 Å². The predicted molar refractivity (Wildman–Crippen MR) is 99.8 cm³/mol. The monoisotopic (exact) mass is 399 g/mol. The lowest BCUT2D eigenvalue weighted by Gasteiger charge is -2.29. The zero-order valence-electron chi connectivity index (χ0n) is 16.7. The molecule has 8 heteroatoms. The van der Waals surface area contributed by atoms with Crippen LogP contribution in [0.15, 0.2) is 36.4 Å².